The molecule has 1 atom stereocenters. The second-order valence-corrected chi connectivity index (χ2v) is 9.04. The minimum Gasteiger partial charge on any atom is -0.486 e. The number of carbonyl (C=O) groups is 1. The van der Waals surface area contributed by atoms with Crippen LogP contribution in [0, 0.1) is 13.8 Å². The highest BCUT2D eigenvalue weighted by atomic mass is 32.2. The first-order valence-electron chi connectivity index (χ1n) is 10.8. The quantitative estimate of drug-likeness (QED) is 0.549. The third-order valence-corrected chi connectivity index (χ3v) is 6.77. The van der Waals surface area contributed by atoms with Crippen LogP contribution < -0.4 is 9.47 Å². The standard InChI is InChI=1S/C23H25N5O3S/c1-15-5-7-18(16(2)12-15)28-23(24-25-26-28)32-14-22(29)27-9-3-4-19(27)17-6-8-20-21(13-17)31-11-10-30-20/h5-8,12-13,19H,3-4,9-11,14H2,1-2H3. The van der Waals surface area contributed by atoms with Crippen molar-refractivity contribution in [3.8, 4) is 17.2 Å². The molecule has 0 radical (unpaired) electrons. The van der Waals surface area contributed by atoms with E-state index in [0.29, 0.717) is 18.4 Å². The van der Waals surface area contributed by atoms with E-state index < -0.39 is 0 Å². The van der Waals surface area contributed by atoms with Crippen molar-refractivity contribution in [3.63, 3.8) is 0 Å². The number of hydrogen-bond acceptors (Lipinski definition) is 7. The number of nitrogens with zero attached hydrogens (tertiary/aromatic N) is 5. The number of amides is 1. The third kappa shape index (κ3) is 4.04. The van der Waals surface area contributed by atoms with Gasteiger partial charge in [0.2, 0.25) is 11.1 Å². The Morgan fingerprint density at radius 2 is 1.97 bits per heavy atom. The van der Waals surface area contributed by atoms with Crippen LogP contribution in [0.4, 0.5) is 0 Å². The summed E-state index contributed by atoms with van der Waals surface area (Å²) in [6, 6.07) is 12.2. The summed E-state index contributed by atoms with van der Waals surface area (Å²) < 4.78 is 13.1. The van der Waals surface area contributed by atoms with E-state index in [1.54, 1.807) is 4.68 Å². The zero-order chi connectivity index (χ0) is 22.1. The fourth-order valence-electron chi connectivity index (χ4n) is 4.35. The average molecular weight is 452 g/mol. The number of tetrazole rings is 1. The fraction of sp³-hybridized carbons (Fsp3) is 0.391. The maximum Gasteiger partial charge on any atom is 0.233 e. The van der Waals surface area contributed by atoms with Gasteiger partial charge in [0.1, 0.15) is 13.2 Å². The molecule has 3 aromatic rings. The molecule has 0 bridgehead atoms. The number of rotatable bonds is 5. The van der Waals surface area contributed by atoms with Gasteiger partial charge in [-0.05, 0) is 66.4 Å². The maximum absolute atomic E-state index is 13.1. The molecule has 8 nitrogen and oxygen atoms in total. The Bertz CT molecular complexity index is 1150. The van der Waals surface area contributed by atoms with Crippen molar-refractivity contribution in [1.82, 2.24) is 25.1 Å². The zero-order valence-corrected chi connectivity index (χ0v) is 19.0. The highest BCUT2D eigenvalue weighted by Gasteiger charge is 2.31. The molecule has 1 saturated heterocycles. The average Bonchev–Trinajstić information content (AvgIpc) is 3.47. The number of carbonyl (C=O) groups excluding carboxylic acids is 1. The topological polar surface area (TPSA) is 82.4 Å². The highest BCUT2D eigenvalue weighted by Crippen LogP contribution is 2.38. The molecule has 9 heteroatoms. The molecule has 0 saturated carbocycles. The second kappa shape index (κ2) is 8.82. The van der Waals surface area contributed by atoms with Crippen molar-refractivity contribution in [1.29, 1.82) is 0 Å². The molecule has 2 aliphatic heterocycles. The summed E-state index contributed by atoms with van der Waals surface area (Å²) in [5, 5.41) is 12.7. The van der Waals surface area contributed by atoms with Crippen LogP contribution in [0.25, 0.3) is 5.69 Å². The number of thioether (sulfide) groups is 1. The Balaban J connectivity index is 1.29. The first kappa shape index (κ1) is 20.8. The van der Waals surface area contributed by atoms with Crippen LogP contribution in [0.15, 0.2) is 41.6 Å². The van der Waals surface area contributed by atoms with E-state index in [-0.39, 0.29) is 17.7 Å². The Kier molecular flexibility index (Phi) is 5.73. The Labute approximate surface area is 190 Å². The normalized spacial score (nSPS) is 17.6. The summed E-state index contributed by atoms with van der Waals surface area (Å²) in [5.74, 6) is 1.90. The molecule has 1 fully saturated rings. The SMILES string of the molecule is Cc1ccc(-n2nnnc2SCC(=O)N2CCCC2c2ccc3c(c2)OCCO3)c(C)c1. The zero-order valence-electron chi connectivity index (χ0n) is 18.2. The lowest BCUT2D eigenvalue weighted by Crippen LogP contribution is -2.32. The number of ether oxygens (including phenoxy) is 2. The predicted molar refractivity (Wildman–Crippen MR) is 120 cm³/mol. The van der Waals surface area contributed by atoms with Gasteiger partial charge in [-0.3, -0.25) is 4.79 Å². The van der Waals surface area contributed by atoms with Crippen molar-refractivity contribution >= 4 is 17.7 Å². The van der Waals surface area contributed by atoms with Crippen LogP contribution in [0.5, 0.6) is 11.5 Å². The number of likely N-dealkylation sites (tertiary alicyclic amines) is 1. The van der Waals surface area contributed by atoms with E-state index in [0.717, 1.165) is 47.7 Å². The van der Waals surface area contributed by atoms with Crippen molar-refractivity contribution in [3.05, 3.63) is 53.1 Å². The summed E-state index contributed by atoms with van der Waals surface area (Å²) in [7, 11) is 0. The van der Waals surface area contributed by atoms with E-state index in [1.165, 1.54) is 17.3 Å². The molecule has 0 aliphatic carbocycles. The van der Waals surface area contributed by atoms with Gasteiger partial charge in [-0.1, -0.05) is 35.5 Å². The number of aryl methyl sites for hydroxylation is 2. The van der Waals surface area contributed by atoms with Gasteiger partial charge in [0.15, 0.2) is 11.5 Å². The van der Waals surface area contributed by atoms with Gasteiger partial charge in [0.25, 0.3) is 0 Å². The van der Waals surface area contributed by atoms with Crippen LogP contribution in [0.2, 0.25) is 0 Å². The van der Waals surface area contributed by atoms with Crippen molar-refractivity contribution < 1.29 is 14.3 Å². The Morgan fingerprint density at radius 1 is 1.12 bits per heavy atom. The lowest BCUT2D eigenvalue weighted by atomic mass is 10.0. The van der Waals surface area contributed by atoms with E-state index in [4.69, 9.17) is 9.47 Å². The monoisotopic (exact) mass is 451 g/mol. The number of aromatic nitrogens is 4. The number of hydrogen-bond donors (Lipinski definition) is 0. The van der Waals surface area contributed by atoms with Crippen LogP contribution in [-0.4, -0.2) is 56.5 Å². The van der Waals surface area contributed by atoms with Crippen LogP contribution in [0.1, 0.15) is 35.6 Å². The van der Waals surface area contributed by atoms with Gasteiger partial charge in [0, 0.05) is 6.54 Å². The molecule has 5 rings (SSSR count). The molecule has 0 spiro atoms. The third-order valence-electron chi connectivity index (χ3n) is 5.87. The molecule has 2 aromatic carbocycles. The molecule has 1 aromatic heterocycles. The van der Waals surface area contributed by atoms with Crippen molar-refractivity contribution in [2.75, 3.05) is 25.5 Å². The molecular weight excluding hydrogens is 426 g/mol. The minimum atomic E-state index is 0.0502. The van der Waals surface area contributed by atoms with E-state index >= 15 is 0 Å². The van der Waals surface area contributed by atoms with Crippen LogP contribution in [-0.2, 0) is 4.79 Å². The molecule has 166 valence electrons. The Morgan fingerprint density at radius 3 is 2.81 bits per heavy atom. The number of benzene rings is 2. The fourth-order valence-corrected chi connectivity index (χ4v) is 5.12. The summed E-state index contributed by atoms with van der Waals surface area (Å²) in [5.41, 5.74) is 4.28. The Hall–Kier alpha value is -3.07. The van der Waals surface area contributed by atoms with Gasteiger partial charge < -0.3 is 14.4 Å². The van der Waals surface area contributed by atoms with Crippen molar-refractivity contribution in [2.24, 2.45) is 0 Å². The lowest BCUT2D eigenvalue weighted by molar-refractivity contribution is -0.129. The van der Waals surface area contributed by atoms with Gasteiger partial charge in [-0.15, -0.1) is 5.10 Å². The largest absolute Gasteiger partial charge is 0.486 e. The molecule has 32 heavy (non-hydrogen) atoms. The summed E-state index contributed by atoms with van der Waals surface area (Å²) in [6.07, 6.45) is 1.92. The first-order chi connectivity index (χ1) is 15.6. The summed E-state index contributed by atoms with van der Waals surface area (Å²) in [4.78, 5) is 15.1. The predicted octanol–water partition coefficient (Wildman–Crippen LogP) is 3.51. The van der Waals surface area contributed by atoms with Gasteiger partial charge in [-0.2, -0.15) is 4.68 Å². The number of fused-ring (bicyclic) bond motifs is 1. The molecule has 2 aliphatic rings. The van der Waals surface area contributed by atoms with Gasteiger partial charge in [0.05, 0.1) is 17.5 Å². The van der Waals surface area contributed by atoms with Crippen LogP contribution >= 0.6 is 11.8 Å². The van der Waals surface area contributed by atoms with Crippen molar-refractivity contribution in [2.45, 2.75) is 37.9 Å². The van der Waals surface area contributed by atoms with E-state index in [2.05, 4.69) is 28.5 Å². The first-order valence-corrected chi connectivity index (χ1v) is 11.8. The minimum absolute atomic E-state index is 0.0502. The highest BCUT2D eigenvalue weighted by molar-refractivity contribution is 7.99. The summed E-state index contributed by atoms with van der Waals surface area (Å²) >= 11 is 1.37. The molecule has 3 heterocycles. The van der Waals surface area contributed by atoms with E-state index in [9.17, 15) is 4.79 Å². The van der Waals surface area contributed by atoms with Gasteiger partial charge >= 0.3 is 0 Å². The molecule has 1 amide bonds. The van der Waals surface area contributed by atoms with E-state index in [1.807, 2.05) is 42.2 Å². The lowest BCUT2D eigenvalue weighted by Gasteiger charge is -2.26. The van der Waals surface area contributed by atoms with Gasteiger partial charge in [-0.25, -0.2) is 0 Å². The molecular formula is C23H25N5O3S. The molecule has 0 N–H and O–H groups in total. The molecule has 1 unspecified atom stereocenters. The maximum atomic E-state index is 13.1. The second-order valence-electron chi connectivity index (χ2n) is 8.10. The van der Waals surface area contributed by atoms with Crippen LogP contribution in [0.3, 0.4) is 0 Å². The summed E-state index contributed by atoms with van der Waals surface area (Å²) in [6.45, 7) is 5.96. The smallest absolute Gasteiger partial charge is 0.233 e.